The highest BCUT2D eigenvalue weighted by molar-refractivity contribution is 8.01. The van der Waals surface area contributed by atoms with Gasteiger partial charge in [0.25, 0.3) is 0 Å². The largest absolute Gasteiger partial charge is 0.493 e. The summed E-state index contributed by atoms with van der Waals surface area (Å²) in [6.07, 6.45) is 0. The van der Waals surface area contributed by atoms with Gasteiger partial charge in [0.1, 0.15) is 6.54 Å². The van der Waals surface area contributed by atoms with Crippen LogP contribution in [0, 0.1) is 10.9 Å². The van der Waals surface area contributed by atoms with E-state index in [-0.39, 0.29) is 0 Å². The molecule has 1 N–H and O–H groups in total. The molecule has 1 atom stereocenters. The number of methoxy groups -OCH3 is 2. The molecular formula is C18H26N3O2S3+. The number of ether oxygens (including phenoxy) is 2. The van der Waals surface area contributed by atoms with Crippen molar-refractivity contribution in [1.82, 2.24) is 9.78 Å². The molecule has 2 aromatic rings. The van der Waals surface area contributed by atoms with Crippen molar-refractivity contribution in [3.05, 3.63) is 39.4 Å². The first-order valence-corrected chi connectivity index (χ1v) is 10.4. The quantitative estimate of drug-likeness (QED) is 0.389. The molecule has 0 aliphatic heterocycles. The van der Waals surface area contributed by atoms with Crippen molar-refractivity contribution in [2.45, 2.75) is 31.4 Å². The Bertz CT molecular complexity index is 830. The zero-order valence-corrected chi connectivity index (χ0v) is 18.4. The molecule has 26 heavy (non-hydrogen) atoms. The molecule has 1 aromatic heterocycles. The fraction of sp³-hybridized carbons (Fsp3) is 0.444. The topological polar surface area (TPSA) is 40.7 Å². The van der Waals surface area contributed by atoms with Crippen molar-refractivity contribution >= 4 is 35.3 Å². The zero-order valence-electron chi connectivity index (χ0n) is 15.9. The van der Waals surface area contributed by atoms with Crippen molar-refractivity contribution in [3.63, 3.8) is 0 Å². The maximum absolute atomic E-state index is 5.47. The van der Waals surface area contributed by atoms with E-state index < -0.39 is 0 Å². The van der Waals surface area contributed by atoms with Crippen molar-refractivity contribution in [2.24, 2.45) is 0 Å². The average molecular weight is 413 g/mol. The Balaban J connectivity index is 2.08. The lowest BCUT2D eigenvalue weighted by atomic mass is 10.1. The molecule has 0 aliphatic rings. The van der Waals surface area contributed by atoms with Crippen LogP contribution in [0.4, 0.5) is 0 Å². The second-order valence-corrected chi connectivity index (χ2v) is 9.15. The summed E-state index contributed by atoms with van der Waals surface area (Å²) >= 11 is 8.71. The molecule has 1 heterocycles. The van der Waals surface area contributed by atoms with Gasteiger partial charge in [0.15, 0.2) is 26.5 Å². The van der Waals surface area contributed by atoms with Crippen molar-refractivity contribution in [1.29, 1.82) is 0 Å². The van der Waals surface area contributed by atoms with Gasteiger partial charge in [-0.1, -0.05) is 35.3 Å². The summed E-state index contributed by atoms with van der Waals surface area (Å²) in [5.41, 5.74) is 3.54. The van der Waals surface area contributed by atoms with Crippen LogP contribution in [0.15, 0.2) is 28.6 Å². The van der Waals surface area contributed by atoms with Gasteiger partial charge in [0.05, 0.1) is 21.3 Å². The van der Waals surface area contributed by atoms with E-state index in [1.807, 2.05) is 23.7 Å². The number of rotatable bonds is 9. The molecule has 8 heteroatoms. The molecule has 0 saturated carbocycles. The van der Waals surface area contributed by atoms with E-state index in [4.69, 9.17) is 21.7 Å². The maximum Gasteiger partial charge on any atom is 0.185 e. The third-order valence-electron chi connectivity index (χ3n) is 3.78. The number of nitrogens with one attached hydrogen (secondary N) is 1. The van der Waals surface area contributed by atoms with Crippen LogP contribution in [0.5, 0.6) is 11.5 Å². The Hall–Kier alpha value is -1.35. The first-order valence-electron chi connectivity index (χ1n) is 8.22. The van der Waals surface area contributed by atoms with Gasteiger partial charge in [-0.05, 0) is 43.8 Å². The van der Waals surface area contributed by atoms with Crippen LogP contribution >= 0.6 is 35.3 Å². The van der Waals surface area contributed by atoms with Gasteiger partial charge < -0.3 is 14.4 Å². The lowest BCUT2D eigenvalue weighted by molar-refractivity contribution is -0.917. The summed E-state index contributed by atoms with van der Waals surface area (Å²) in [4.78, 5) is 1.29. The lowest BCUT2D eigenvalue weighted by Gasteiger charge is -2.17. The summed E-state index contributed by atoms with van der Waals surface area (Å²) in [7, 11) is 5.45. The summed E-state index contributed by atoms with van der Waals surface area (Å²) in [5.74, 6) is 2.38. The van der Waals surface area contributed by atoms with Gasteiger partial charge in [-0.25, -0.2) is 0 Å². The highest BCUT2D eigenvalue weighted by atomic mass is 32.2. The third-order valence-corrected chi connectivity index (χ3v) is 6.46. The summed E-state index contributed by atoms with van der Waals surface area (Å²) in [5, 5.41) is 4.63. The van der Waals surface area contributed by atoms with E-state index >= 15 is 0 Å². The van der Waals surface area contributed by atoms with Gasteiger partial charge in [0, 0.05) is 11.3 Å². The molecule has 0 aliphatic carbocycles. The molecule has 0 radical (unpaired) electrons. The Morgan fingerprint density at radius 2 is 2.00 bits per heavy atom. The number of hydrogen-bond donors (Lipinski definition) is 1. The monoisotopic (exact) mass is 412 g/mol. The minimum Gasteiger partial charge on any atom is -0.493 e. The molecule has 142 valence electrons. The average Bonchev–Trinajstić information content (AvgIpc) is 2.94. The van der Waals surface area contributed by atoms with Gasteiger partial charge >= 0.3 is 0 Å². The molecule has 2 rings (SSSR count). The first kappa shape index (κ1) is 21.0. The molecule has 0 spiro atoms. The molecule has 0 saturated heterocycles. The van der Waals surface area contributed by atoms with Crippen LogP contribution in [0.25, 0.3) is 0 Å². The highest BCUT2D eigenvalue weighted by Crippen LogP contribution is 2.30. The van der Waals surface area contributed by atoms with E-state index in [1.54, 1.807) is 37.3 Å². The van der Waals surface area contributed by atoms with Gasteiger partial charge in [-0.2, -0.15) is 4.68 Å². The van der Waals surface area contributed by atoms with Gasteiger partial charge in [-0.3, -0.25) is 0 Å². The Morgan fingerprint density at radius 3 is 2.62 bits per heavy atom. The number of thioether (sulfide) groups is 1. The fourth-order valence-corrected chi connectivity index (χ4v) is 4.66. The second-order valence-electron chi connectivity index (χ2n) is 6.30. The number of aromatic nitrogens is 2. The van der Waals surface area contributed by atoms with Gasteiger partial charge in [-0.15, -0.1) is 5.10 Å². The smallest absolute Gasteiger partial charge is 0.185 e. The van der Waals surface area contributed by atoms with Crippen LogP contribution in [-0.4, -0.2) is 36.8 Å². The van der Waals surface area contributed by atoms with Crippen LogP contribution in [0.2, 0.25) is 0 Å². The zero-order chi connectivity index (χ0) is 19.3. The molecule has 1 unspecified atom stereocenters. The fourth-order valence-electron chi connectivity index (χ4n) is 2.48. The molecule has 1 aromatic carbocycles. The molecule has 5 nitrogen and oxygen atoms in total. The molecule has 0 bridgehead atoms. The Labute approximate surface area is 168 Å². The number of hydrogen-bond acceptors (Lipinski definition) is 6. The van der Waals surface area contributed by atoms with Gasteiger partial charge in [0.2, 0.25) is 0 Å². The predicted molar refractivity (Wildman–Crippen MR) is 111 cm³/mol. The first-order chi connectivity index (χ1) is 12.3. The summed E-state index contributed by atoms with van der Waals surface area (Å²) < 4.78 is 14.5. The van der Waals surface area contributed by atoms with Crippen LogP contribution in [0.3, 0.4) is 0 Å². The standard InChI is InChI=1S/C18H25N3O2S3/c1-12(2)10-25-17-19-21(18(24)26-17)11-20(4)9-14-8-16(23-6)15(22-5)7-13(14)3/h7-8H,1,9-11H2,2-6H3/p+1. The minimum absolute atomic E-state index is 0.719. The van der Waals surface area contributed by atoms with E-state index in [9.17, 15) is 0 Å². The van der Waals surface area contributed by atoms with Crippen molar-refractivity contribution in [3.8, 4) is 11.5 Å². The third kappa shape index (κ3) is 5.57. The SMILES string of the molecule is C=C(C)CSc1nn(C[NH+](C)Cc2cc(OC)c(OC)cc2C)c(=S)s1. The normalized spacial score (nSPS) is 12.0. The number of quaternary nitrogens is 1. The predicted octanol–water partition coefficient (Wildman–Crippen LogP) is 3.34. The van der Waals surface area contributed by atoms with E-state index in [0.29, 0.717) is 0 Å². The van der Waals surface area contributed by atoms with E-state index in [0.717, 1.165) is 44.3 Å². The second kappa shape index (κ2) is 9.55. The number of benzene rings is 1. The highest BCUT2D eigenvalue weighted by Gasteiger charge is 2.14. The number of aryl methyl sites for hydroxylation is 1. The van der Waals surface area contributed by atoms with Crippen LogP contribution < -0.4 is 14.4 Å². The summed E-state index contributed by atoms with van der Waals surface area (Å²) in [6.45, 7) is 9.60. The van der Waals surface area contributed by atoms with Crippen LogP contribution in [-0.2, 0) is 13.2 Å². The Morgan fingerprint density at radius 1 is 1.35 bits per heavy atom. The van der Waals surface area contributed by atoms with Crippen LogP contribution in [0.1, 0.15) is 18.1 Å². The molecule has 0 amide bonds. The minimum atomic E-state index is 0.719. The Kier molecular flexibility index (Phi) is 7.69. The molecule has 0 fully saturated rings. The van der Waals surface area contributed by atoms with Crippen molar-refractivity contribution in [2.75, 3.05) is 27.0 Å². The molecular weight excluding hydrogens is 386 g/mol. The van der Waals surface area contributed by atoms with E-state index in [2.05, 4.69) is 25.6 Å². The van der Waals surface area contributed by atoms with E-state index in [1.165, 1.54) is 16.0 Å². The summed E-state index contributed by atoms with van der Waals surface area (Å²) in [6, 6.07) is 4.06. The lowest BCUT2D eigenvalue weighted by Crippen LogP contribution is -3.07. The van der Waals surface area contributed by atoms with Crippen molar-refractivity contribution < 1.29 is 14.4 Å². The number of nitrogens with zero attached hydrogens (tertiary/aromatic N) is 2. The maximum atomic E-state index is 5.47.